The molecule has 1 N–H and O–H groups in total. The molecule has 2 aliphatic heterocycles. The van der Waals surface area contributed by atoms with Crippen LogP contribution in [0.3, 0.4) is 0 Å². The number of nitrogens with one attached hydrogen (secondary N) is 1. The van der Waals surface area contributed by atoms with Crippen LogP contribution in [0.25, 0.3) is 11.3 Å². The van der Waals surface area contributed by atoms with Gasteiger partial charge in [-0.05, 0) is 18.9 Å². The van der Waals surface area contributed by atoms with Crippen molar-refractivity contribution in [2.75, 3.05) is 26.7 Å². The molecule has 0 radical (unpaired) electrons. The maximum atomic E-state index is 12.8. The van der Waals surface area contributed by atoms with Crippen LogP contribution in [0.15, 0.2) is 47.3 Å². The van der Waals surface area contributed by atoms with Gasteiger partial charge in [0.25, 0.3) is 5.56 Å². The zero-order chi connectivity index (χ0) is 21.3. The molecule has 4 amide bonds. The van der Waals surface area contributed by atoms with Gasteiger partial charge in [0.15, 0.2) is 0 Å². The van der Waals surface area contributed by atoms with Crippen LogP contribution >= 0.6 is 0 Å². The molecule has 2 fully saturated rings. The molecule has 0 aliphatic carbocycles. The largest absolute Gasteiger partial charge is 0.342 e. The summed E-state index contributed by atoms with van der Waals surface area (Å²) < 4.78 is 1.50. The molecule has 0 spiro atoms. The first kappa shape index (κ1) is 19.8. The third kappa shape index (κ3) is 3.70. The van der Waals surface area contributed by atoms with Crippen LogP contribution in [0.2, 0.25) is 0 Å². The van der Waals surface area contributed by atoms with Crippen molar-refractivity contribution < 1.29 is 14.4 Å². The highest BCUT2D eigenvalue weighted by molar-refractivity contribution is 6.08. The number of aromatic nitrogens is 2. The van der Waals surface area contributed by atoms with Gasteiger partial charge in [-0.3, -0.25) is 19.3 Å². The van der Waals surface area contributed by atoms with E-state index in [9.17, 15) is 19.2 Å². The van der Waals surface area contributed by atoms with Gasteiger partial charge >= 0.3 is 6.03 Å². The van der Waals surface area contributed by atoms with Gasteiger partial charge in [-0.25, -0.2) is 9.48 Å². The van der Waals surface area contributed by atoms with Crippen LogP contribution in [-0.4, -0.2) is 64.1 Å². The van der Waals surface area contributed by atoms with E-state index in [0.29, 0.717) is 25.9 Å². The van der Waals surface area contributed by atoms with Crippen LogP contribution < -0.4 is 10.9 Å². The Hall–Kier alpha value is -3.49. The first-order valence-electron chi connectivity index (χ1n) is 9.95. The van der Waals surface area contributed by atoms with Crippen molar-refractivity contribution in [2.24, 2.45) is 5.92 Å². The number of rotatable bonds is 3. The van der Waals surface area contributed by atoms with Gasteiger partial charge in [-0.1, -0.05) is 30.3 Å². The first-order valence-corrected chi connectivity index (χ1v) is 9.95. The molecule has 9 heteroatoms. The van der Waals surface area contributed by atoms with Gasteiger partial charge in [0.05, 0.1) is 11.7 Å². The van der Waals surface area contributed by atoms with E-state index >= 15 is 0 Å². The number of imide groups is 1. The topological polar surface area (TPSA) is 105 Å². The molecule has 0 bridgehead atoms. The summed E-state index contributed by atoms with van der Waals surface area (Å²) in [6.45, 7) is 0.865. The Bertz CT molecular complexity index is 1030. The third-order valence-corrected chi connectivity index (χ3v) is 5.71. The van der Waals surface area contributed by atoms with Crippen molar-refractivity contribution in [3.63, 3.8) is 0 Å². The summed E-state index contributed by atoms with van der Waals surface area (Å²) in [5, 5.41) is 7.11. The number of carbonyl (C=O) groups is 3. The van der Waals surface area contributed by atoms with Crippen LogP contribution in [-0.2, 0) is 9.59 Å². The van der Waals surface area contributed by atoms with E-state index in [1.165, 1.54) is 17.8 Å². The second-order valence-electron chi connectivity index (χ2n) is 7.56. The van der Waals surface area contributed by atoms with E-state index in [-0.39, 0.29) is 24.1 Å². The van der Waals surface area contributed by atoms with E-state index in [4.69, 9.17) is 0 Å². The van der Waals surface area contributed by atoms with Crippen LogP contribution in [0.5, 0.6) is 0 Å². The molecule has 2 aromatic rings. The van der Waals surface area contributed by atoms with Gasteiger partial charge in [0.2, 0.25) is 11.8 Å². The van der Waals surface area contributed by atoms with E-state index in [2.05, 4.69) is 10.4 Å². The maximum Gasteiger partial charge on any atom is 0.323 e. The van der Waals surface area contributed by atoms with Gasteiger partial charge < -0.3 is 10.2 Å². The normalized spacial score (nSPS) is 20.2. The molecule has 2 saturated heterocycles. The summed E-state index contributed by atoms with van der Waals surface area (Å²) in [6, 6.07) is 12.3. The summed E-state index contributed by atoms with van der Waals surface area (Å²) in [4.78, 5) is 51.6. The Morgan fingerprint density at radius 2 is 1.73 bits per heavy atom. The van der Waals surface area contributed by atoms with Crippen LogP contribution in [0.1, 0.15) is 18.9 Å². The highest BCUT2D eigenvalue weighted by Gasteiger charge is 2.39. The minimum atomic E-state index is -0.897. The lowest BCUT2D eigenvalue weighted by Crippen LogP contribution is -2.58. The molecule has 30 heavy (non-hydrogen) atoms. The van der Waals surface area contributed by atoms with Gasteiger partial charge in [-0.2, -0.15) is 5.10 Å². The molecule has 1 unspecified atom stereocenters. The molecule has 1 aromatic carbocycles. The third-order valence-electron chi connectivity index (χ3n) is 5.71. The number of likely N-dealkylation sites (tertiary alicyclic amines) is 1. The molecular weight excluding hydrogens is 386 g/mol. The molecule has 2 aliphatic rings. The van der Waals surface area contributed by atoms with Gasteiger partial charge in [-0.15, -0.1) is 0 Å². The molecule has 9 nitrogen and oxygen atoms in total. The predicted molar refractivity (Wildman–Crippen MR) is 108 cm³/mol. The zero-order valence-corrected chi connectivity index (χ0v) is 16.7. The SMILES string of the molecule is CN1C(=O)NCC(C(=O)N2CCC(n3nc(-c4ccccc4)ccc3=O)CC2)C1=O. The van der Waals surface area contributed by atoms with Crippen molar-refractivity contribution >= 4 is 17.8 Å². The van der Waals surface area contributed by atoms with E-state index in [1.807, 2.05) is 30.3 Å². The summed E-state index contributed by atoms with van der Waals surface area (Å²) in [5.41, 5.74) is 1.48. The highest BCUT2D eigenvalue weighted by Crippen LogP contribution is 2.24. The van der Waals surface area contributed by atoms with Crippen molar-refractivity contribution in [1.29, 1.82) is 0 Å². The van der Waals surface area contributed by atoms with E-state index in [1.54, 1.807) is 11.0 Å². The maximum absolute atomic E-state index is 12.8. The van der Waals surface area contributed by atoms with Crippen molar-refractivity contribution in [2.45, 2.75) is 18.9 Å². The molecular formula is C21H23N5O4. The summed E-state index contributed by atoms with van der Waals surface area (Å²) >= 11 is 0. The Morgan fingerprint density at radius 3 is 2.43 bits per heavy atom. The smallest absolute Gasteiger partial charge is 0.323 e. The van der Waals surface area contributed by atoms with Gasteiger partial charge in [0, 0.05) is 38.3 Å². The number of amides is 4. The van der Waals surface area contributed by atoms with Crippen molar-refractivity contribution in [3.8, 4) is 11.3 Å². The molecule has 1 atom stereocenters. The standard InChI is InChI=1S/C21H23N5O4/c1-24-19(28)16(13-22-21(24)30)20(29)25-11-9-15(10-12-25)26-18(27)8-7-17(23-26)14-5-3-2-4-6-14/h2-8,15-16H,9-13H2,1H3,(H,22,30). The van der Waals surface area contributed by atoms with Crippen molar-refractivity contribution in [1.82, 2.24) is 24.9 Å². The first-order chi connectivity index (χ1) is 14.5. The average molecular weight is 409 g/mol. The lowest BCUT2D eigenvalue weighted by molar-refractivity contribution is -0.146. The molecule has 3 heterocycles. The molecule has 4 rings (SSSR count). The Morgan fingerprint density at radius 1 is 1.03 bits per heavy atom. The van der Waals surface area contributed by atoms with E-state index < -0.39 is 17.9 Å². The van der Waals surface area contributed by atoms with Crippen molar-refractivity contribution in [3.05, 3.63) is 52.8 Å². The Labute approximate surface area is 173 Å². The minimum absolute atomic E-state index is 0.0148. The van der Waals surface area contributed by atoms with E-state index in [0.717, 1.165) is 16.2 Å². The molecule has 0 saturated carbocycles. The summed E-state index contributed by atoms with van der Waals surface area (Å²) in [5.74, 6) is -1.67. The second kappa shape index (κ2) is 8.10. The number of hydrogen-bond acceptors (Lipinski definition) is 5. The van der Waals surface area contributed by atoms with Gasteiger partial charge in [0.1, 0.15) is 5.92 Å². The van der Waals surface area contributed by atoms with Crippen LogP contribution in [0, 0.1) is 5.92 Å². The Kier molecular flexibility index (Phi) is 5.35. The zero-order valence-electron chi connectivity index (χ0n) is 16.7. The number of nitrogens with zero attached hydrogens (tertiary/aromatic N) is 4. The fourth-order valence-corrected chi connectivity index (χ4v) is 3.92. The molecule has 1 aromatic heterocycles. The number of benzene rings is 1. The lowest BCUT2D eigenvalue weighted by atomic mass is 10.00. The highest BCUT2D eigenvalue weighted by atomic mass is 16.2. The number of urea groups is 1. The summed E-state index contributed by atoms with van der Waals surface area (Å²) in [7, 11) is 1.36. The monoisotopic (exact) mass is 409 g/mol. The molecule has 156 valence electrons. The number of piperidine rings is 1. The van der Waals surface area contributed by atoms with Crippen LogP contribution in [0.4, 0.5) is 4.79 Å². The summed E-state index contributed by atoms with van der Waals surface area (Å²) in [6.07, 6.45) is 1.14. The average Bonchev–Trinajstić information content (AvgIpc) is 2.78. The quantitative estimate of drug-likeness (QED) is 0.758. The fraction of sp³-hybridized carbons (Fsp3) is 0.381. The number of carbonyl (C=O) groups excluding carboxylic acids is 3. The predicted octanol–water partition coefficient (Wildman–Crippen LogP) is 0.872. The minimum Gasteiger partial charge on any atom is -0.342 e. The second-order valence-corrected chi connectivity index (χ2v) is 7.56. The number of hydrogen-bond donors (Lipinski definition) is 1. The lowest BCUT2D eigenvalue weighted by Gasteiger charge is -2.36. The Balaban J connectivity index is 1.45. The fourth-order valence-electron chi connectivity index (χ4n) is 3.92.